The summed E-state index contributed by atoms with van der Waals surface area (Å²) >= 11 is 7.55. The van der Waals surface area contributed by atoms with E-state index in [1.807, 2.05) is 19.1 Å². The molecule has 2 amide bonds. The van der Waals surface area contributed by atoms with E-state index < -0.39 is 29.0 Å². The summed E-state index contributed by atoms with van der Waals surface area (Å²) < 4.78 is 4.73. The molecule has 8 nitrogen and oxygen atoms in total. The number of nitrogens with one attached hydrogen (secondary N) is 1. The molecule has 1 fully saturated rings. The molecule has 2 aromatic carbocycles. The summed E-state index contributed by atoms with van der Waals surface area (Å²) in [4.78, 5) is 40.1. The van der Waals surface area contributed by atoms with Crippen LogP contribution in [0.5, 0.6) is 0 Å². The van der Waals surface area contributed by atoms with Crippen molar-refractivity contribution < 1.29 is 19.1 Å². The summed E-state index contributed by atoms with van der Waals surface area (Å²) in [5.74, 6) is -2.59. The van der Waals surface area contributed by atoms with Gasteiger partial charge in [0, 0.05) is 10.7 Å². The number of rotatable bonds is 6. The number of esters is 1. The topological polar surface area (TPSA) is 126 Å². The van der Waals surface area contributed by atoms with Crippen molar-refractivity contribution in [1.29, 1.82) is 5.26 Å². The molecule has 0 radical (unpaired) electrons. The van der Waals surface area contributed by atoms with E-state index in [9.17, 15) is 19.6 Å². The highest BCUT2D eigenvalue weighted by molar-refractivity contribution is 8.04. The van der Waals surface area contributed by atoms with Gasteiger partial charge in [0.05, 0.1) is 41.7 Å². The number of benzene rings is 2. The lowest BCUT2D eigenvalue weighted by molar-refractivity contribution is -0.142. The second-order valence-corrected chi connectivity index (χ2v) is 9.75. The molecule has 184 valence electrons. The van der Waals surface area contributed by atoms with Gasteiger partial charge in [-0.2, -0.15) is 5.26 Å². The fraction of sp³-hybridized carbons (Fsp3) is 0.231. The second kappa shape index (κ2) is 10.5. The number of allylic oxidation sites excluding steroid dienone is 1. The Morgan fingerprint density at radius 1 is 1.22 bits per heavy atom. The van der Waals surface area contributed by atoms with E-state index in [0.717, 1.165) is 28.6 Å². The molecule has 2 aliphatic heterocycles. The van der Waals surface area contributed by atoms with Crippen LogP contribution >= 0.6 is 23.4 Å². The van der Waals surface area contributed by atoms with Crippen molar-refractivity contribution in [3.63, 3.8) is 0 Å². The first kappa shape index (κ1) is 25.4. The number of amides is 2. The number of ether oxygens (including phenoxy) is 1. The molecule has 36 heavy (non-hydrogen) atoms. The van der Waals surface area contributed by atoms with Gasteiger partial charge in [-0.05, 0) is 35.7 Å². The van der Waals surface area contributed by atoms with E-state index in [1.165, 1.54) is 7.11 Å². The van der Waals surface area contributed by atoms with E-state index in [2.05, 4.69) is 11.4 Å². The number of nitriles is 1. The van der Waals surface area contributed by atoms with Crippen LogP contribution < -0.4 is 11.1 Å². The number of hydrogen-bond acceptors (Lipinski definition) is 7. The third-order valence-electron chi connectivity index (χ3n) is 6.06. The SMILES string of the molecule is CCc1ccc(NC(=O)C2=C3S[C@@H](CC(=O)OC)C(=O)N3C(N)=C(C#N)[C@@H]2c2ccccc2Cl)cc1. The molecule has 2 atom stereocenters. The lowest BCUT2D eigenvalue weighted by Crippen LogP contribution is -2.39. The molecule has 1 saturated heterocycles. The van der Waals surface area contributed by atoms with Gasteiger partial charge in [-0.1, -0.05) is 60.6 Å². The fourth-order valence-corrected chi connectivity index (χ4v) is 5.76. The Balaban J connectivity index is 1.86. The molecule has 10 heteroatoms. The molecule has 0 unspecified atom stereocenters. The van der Waals surface area contributed by atoms with Crippen LogP contribution in [0.25, 0.3) is 0 Å². The first-order chi connectivity index (χ1) is 17.3. The molecule has 0 aromatic heterocycles. The average molecular weight is 523 g/mol. The van der Waals surface area contributed by atoms with Crippen molar-refractivity contribution in [1.82, 2.24) is 4.90 Å². The Bertz CT molecular complexity index is 1350. The van der Waals surface area contributed by atoms with E-state index in [-0.39, 0.29) is 28.4 Å². The third kappa shape index (κ3) is 4.57. The molecular formula is C26H23ClN4O4S. The summed E-state index contributed by atoms with van der Waals surface area (Å²) in [5.41, 5.74) is 8.67. The highest BCUT2D eigenvalue weighted by Gasteiger charge is 2.48. The van der Waals surface area contributed by atoms with Crippen LogP contribution in [0.2, 0.25) is 5.02 Å². The lowest BCUT2D eigenvalue weighted by Gasteiger charge is -2.32. The van der Waals surface area contributed by atoms with Gasteiger partial charge in [0.25, 0.3) is 5.91 Å². The quantitative estimate of drug-likeness (QED) is 0.548. The molecular weight excluding hydrogens is 500 g/mol. The lowest BCUT2D eigenvalue weighted by atomic mass is 9.82. The van der Waals surface area contributed by atoms with E-state index in [0.29, 0.717) is 16.3 Å². The van der Waals surface area contributed by atoms with E-state index in [4.69, 9.17) is 22.1 Å². The minimum atomic E-state index is -0.915. The molecule has 0 aliphatic carbocycles. The van der Waals surface area contributed by atoms with Gasteiger partial charge in [0.2, 0.25) is 5.91 Å². The average Bonchev–Trinajstić information content (AvgIpc) is 3.20. The van der Waals surface area contributed by atoms with Crippen LogP contribution in [0.4, 0.5) is 5.69 Å². The molecule has 2 aromatic rings. The molecule has 0 saturated carbocycles. The van der Waals surface area contributed by atoms with Crippen LogP contribution in [0, 0.1) is 11.3 Å². The molecule has 0 bridgehead atoms. The number of aryl methyl sites for hydroxylation is 1. The molecule has 4 rings (SSSR count). The Labute approximate surface area is 217 Å². The largest absolute Gasteiger partial charge is 0.469 e. The van der Waals surface area contributed by atoms with Crippen molar-refractivity contribution in [2.45, 2.75) is 30.9 Å². The van der Waals surface area contributed by atoms with Gasteiger partial charge in [-0.15, -0.1) is 0 Å². The first-order valence-corrected chi connectivity index (χ1v) is 12.4. The van der Waals surface area contributed by atoms with Gasteiger partial charge in [-0.25, -0.2) is 0 Å². The number of nitrogens with zero attached hydrogens (tertiary/aromatic N) is 2. The van der Waals surface area contributed by atoms with Crippen LogP contribution in [-0.4, -0.2) is 35.0 Å². The number of carbonyl (C=O) groups excluding carboxylic acids is 3. The zero-order valence-electron chi connectivity index (χ0n) is 19.6. The zero-order chi connectivity index (χ0) is 26.0. The summed E-state index contributed by atoms with van der Waals surface area (Å²) in [6.07, 6.45) is 0.641. The number of carbonyl (C=O) groups is 3. The number of nitrogens with two attached hydrogens (primary N) is 1. The summed E-state index contributed by atoms with van der Waals surface area (Å²) in [7, 11) is 1.23. The minimum absolute atomic E-state index is 0.0194. The maximum atomic E-state index is 13.8. The van der Waals surface area contributed by atoms with Crippen molar-refractivity contribution in [3.8, 4) is 6.07 Å². The molecule has 2 aliphatic rings. The van der Waals surface area contributed by atoms with E-state index >= 15 is 0 Å². The first-order valence-electron chi connectivity index (χ1n) is 11.2. The van der Waals surface area contributed by atoms with Gasteiger partial charge < -0.3 is 15.8 Å². The number of hydrogen-bond donors (Lipinski definition) is 2. The van der Waals surface area contributed by atoms with E-state index in [1.54, 1.807) is 36.4 Å². The second-order valence-electron chi connectivity index (χ2n) is 8.15. The number of halogens is 1. The standard InChI is InChI=1S/C26H23ClN4O4S/c1-3-14-8-10-15(11-9-14)30-24(33)22-21(16-6-4-5-7-18(16)27)17(13-28)23(29)31-25(34)19(36-26(22)31)12-20(32)35-2/h4-11,19,21H,3,12,29H2,1-2H3,(H,30,33)/t19-,21-/m0/s1. The van der Waals surface area contributed by atoms with Gasteiger partial charge in [0.1, 0.15) is 11.1 Å². The van der Waals surface area contributed by atoms with Crippen LogP contribution in [0.15, 0.2) is 70.5 Å². The van der Waals surface area contributed by atoms with Gasteiger partial charge in [-0.3, -0.25) is 19.3 Å². The number of fused-ring (bicyclic) bond motifs is 1. The minimum Gasteiger partial charge on any atom is -0.469 e. The maximum Gasteiger partial charge on any atom is 0.307 e. The van der Waals surface area contributed by atoms with Crippen molar-refractivity contribution in [3.05, 3.63) is 86.7 Å². The Morgan fingerprint density at radius 2 is 1.92 bits per heavy atom. The van der Waals surface area contributed by atoms with Crippen molar-refractivity contribution >= 4 is 46.8 Å². The summed E-state index contributed by atoms with van der Waals surface area (Å²) in [6, 6.07) is 16.3. The Hall–Kier alpha value is -3.74. The Kier molecular flexibility index (Phi) is 7.38. The van der Waals surface area contributed by atoms with Gasteiger partial charge >= 0.3 is 5.97 Å². The fourth-order valence-electron chi connectivity index (χ4n) is 4.19. The van der Waals surface area contributed by atoms with Crippen molar-refractivity contribution in [2.75, 3.05) is 12.4 Å². The smallest absolute Gasteiger partial charge is 0.307 e. The van der Waals surface area contributed by atoms with Crippen molar-refractivity contribution in [2.24, 2.45) is 5.73 Å². The van der Waals surface area contributed by atoms with Crippen LogP contribution in [0.1, 0.15) is 30.4 Å². The monoisotopic (exact) mass is 522 g/mol. The zero-order valence-corrected chi connectivity index (χ0v) is 21.2. The highest BCUT2D eigenvalue weighted by Crippen LogP contribution is 2.50. The molecule has 2 heterocycles. The Morgan fingerprint density at radius 3 is 2.53 bits per heavy atom. The van der Waals surface area contributed by atoms with Crippen LogP contribution in [-0.2, 0) is 25.5 Å². The third-order valence-corrected chi connectivity index (χ3v) is 7.68. The highest BCUT2D eigenvalue weighted by atomic mass is 35.5. The predicted molar refractivity (Wildman–Crippen MR) is 137 cm³/mol. The summed E-state index contributed by atoms with van der Waals surface area (Å²) in [6.45, 7) is 2.03. The van der Waals surface area contributed by atoms with Crippen LogP contribution in [0.3, 0.4) is 0 Å². The predicted octanol–water partition coefficient (Wildman–Crippen LogP) is 4.05. The summed E-state index contributed by atoms with van der Waals surface area (Å²) in [5, 5.41) is 12.7. The maximum absolute atomic E-state index is 13.8. The molecule has 0 spiro atoms. The number of thioether (sulfide) groups is 1. The molecule has 3 N–H and O–H groups in total. The normalized spacial score (nSPS) is 19.2. The van der Waals surface area contributed by atoms with Gasteiger partial charge in [0.15, 0.2) is 0 Å². The number of anilines is 1. The number of methoxy groups -OCH3 is 1.